The summed E-state index contributed by atoms with van der Waals surface area (Å²) in [5.74, 6) is 0. The summed E-state index contributed by atoms with van der Waals surface area (Å²) >= 11 is 16.7. The zero-order valence-electron chi connectivity index (χ0n) is 13.4. The van der Waals surface area contributed by atoms with Crippen molar-refractivity contribution in [2.24, 2.45) is 0 Å². The predicted molar refractivity (Wildman–Crippen MR) is 113 cm³/mol. The number of nitrogens with two attached hydrogens (primary N) is 3. The maximum Gasteiger partial charge on any atom is 0.0407 e. The molecule has 0 saturated heterocycles. The maximum absolute atomic E-state index is 5.56. The van der Waals surface area contributed by atoms with E-state index in [2.05, 4.69) is 0 Å². The number of hydrogen-bond acceptors (Lipinski definition) is 3. The fourth-order valence-corrected chi connectivity index (χ4v) is 1.77. The molecule has 129 valence electrons. The van der Waals surface area contributed by atoms with E-state index in [0.717, 1.165) is 32.1 Å². The molecular weight excluding hydrogens is 392 g/mol. The van der Waals surface area contributed by atoms with E-state index in [-0.39, 0.29) is 17.4 Å². The molecule has 0 saturated carbocycles. The molecule has 0 amide bonds. The highest BCUT2D eigenvalue weighted by atomic mass is 35.5. The lowest BCUT2D eigenvalue weighted by Gasteiger charge is -1.88. The Balaban J connectivity index is 0.000000339. The molecule has 0 aliphatic heterocycles. The lowest BCUT2D eigenvalue weighted by atomic mass is 10.3. The van der Waals surface area contributed by atoms with Crippen LogP contribution in [0, 0.1) is 0 Å². The van der Waals surface area contributed by atoms with Crippen LogP contribution in [0.3, 0.4) is 0 Å². The van der Waals surface area contributed by atoms with E-state index in [9.17, 15) is 0 Å². The van der Waals surface area contributed by atoms with Gasteiger partial charge in [0.25, 0.3) is 0 Å². The molecule has 0 spiro atoms. The van der Waals surface area contributed by atoms with Gasteiger partial charge in [0, 0.05) is 49.5 Å². The van der Waals surface area contributed by atoms with Crippen molar-refractivity contribution in [1.29, 1.82) is 0 Å². The molecule has 0 heterocycles. The molecule has 0 atom stereocenters. The largest absolute Gasteiger partial charge is 0.399 e. The molecule has 6 N–H and O–H groups in total. The van der Waals surface area contributed by atoms with Crippen molar-refractivity contribution in [3.05, 3.63) is 87.9 Å². The number of hydrogen-bond donors (Lipinski definition) is 3. The maximum atomic E-state index is 5.56. The highest BCUT2D eigenvalue weighted by Crippen LogP contribution is 2.10. The Kier molecular flexibility index (Phi) is 12.0. The lowest BCUT2D eigenvalue weighted by Crippen LogP contribution is -1.80. The van der Waals surface area contributed by atoms with E-state index < -0.39 is 0 Å². The van der Waals surface area contributed by atoms with Crippen LogP contribution in [0.25, 0.3) is 0 Å². The minimum atomic E-state index is 0. The van der Waals surface area contributed by atoms with Gasteiger partial charge < -0.3 is 17.2 Å². The van der Waals surface area contributed by atoms with Gasteiger partial charge in [0.15, 0.2) is 0 Å². The van der Waals surface area contributed by atoms with Crippen LogP contribution in [0.2, 0.25) is 15.1 Å². The van der Waals surface area contributed by atoms with Crippen molar-refractivity contribution in [2.75, 3.05) is 17.2 Å². The Morgan fingerprint density at radius 2 is 0.560 bits per heavy atom. The van der Waals surface area contributed by atoms with E-state index in [1.165, 1.54) is 0 Å². The predicted octanol–water partition coefficient (Wildman–Crippen LogP) is 5.39. The van der Waals surface area contributed by atoms with E-state index >= 15 is 0 Å². The summed E-state index contributed by atoms with van der Waals surface area (Å²) in [6.07, 6.45) is 0. The van der Waals surface area contributed by atoms with Gasteiger partial charge in [-0.3, -0.25) is 0 Å². The van der Waals surface area contributed by atoms with Crippen molar-refractivity contribution in [3.63, 3.8) is 0 Å². The summed E-state index contributed by atoms with van der Waals surface area (Å²) in [5, 5.41) is 2.16. The summed E-state index contributed by atoms with van der Waals surface area (Å²) in [5.41, 5.74) is 18.3. The van der Waals surface area contributed by atoms with Crippen LogP contribution < -0.4 is 17.2 Å². The van der Waals surface area contributed by atoms with Crippen LogP contribution in [-0.2, 0) is 0 Å². The summed E-state index contributed by atoms with van der Waals surface area (Å²) in [4.78, 5) is 0. The van der Waals surface area contributed by atoms with Crippen LogP contribution in [0.5, 0.6) is 0 Å². The highest BCUT2D eigenvalue weighted by molar-refractivity contribution is 6.31. The summed E-state index contributed by atoms with van der Waals surface area (Å²) < 4.78 is 0. The number of rotatable bonds is 0. The molecule has 7 heteroatoms. The SMILES string of the molecule is Nc1ccc(Cl)cc1.Nc1ccc(Cl)cc1.Nc1ccc(Cl)cc1.[Al]. The Morgan fingerprint density at radius 1 is 0.400 bits per heavy atom. The first-order valence-corrected chi connectivity index (χ1v) is 8.03. The number of anilines is 3. The summed E-state index contributed by atoms with van der Waals surface area (Å²) in [7, 11) is 0. The van der Waals surface area contributed by atoms with Crippen LogP contribution in [0.15, 0.2) is 72.8 Å². The Hall–Kier alpha value is -1.54. The molecule has 3 radical (unpaired) electrons. The van der Waals surface area contributed by atoms with Gasteiger partial charge >= 0.3 is 0 Å². The monoisotopic (exact) mass is 408 g/mol. The zero-order valence-corrected chi connectivity index (χ0v) is 16.8. The third kappa shape index (κ3) is 11.6. The molecule has 0 aliphatic rings. The van der Waals surface area contributed by atoms with Gasteiger partial charge in [-0.05, 0) is 72.8 Å². The molecule has 3 nitrogen and oxygen atoms in total. The van der Waals surface area contributed by atoms with Crippen molar-refractivity contribution >= 4 is 69.2 Å². The zero-order chi connectivity index (χ0) is 17.9. The van der Waals surface area contributed by atoms with Crippen molar-refractivity contribution < 1.29 is 0 Å². The van der Waals surface area contributed by atoms with E-state index in [1.54, 1.807) is 72.8 Å². The van der Waals surface area contributed by atoms with Gasteiger partial charge in [-0.2, -0.15) is 0 Å². The van der Waals surface area contributed by atoms with Crippen molar-refractivity contribution in [2.45, 2.75) is 0 Å². The van der Waals surface area contributed by atoms with Crippen LogP contribution in [0.4, 0.5) is 17.1 Å². The highest BCUT2D eigenvalue weighted by Gasteiger charge is 1.83. The molecule has 0 fully saturated rings. The average molecular weight is 410 g/mol. The minimum Gasteiger partial charge on any atom is -0.399 e. The molecule has 3 aromatic carbocycles. The van der Waals surface area contributed by atoms with Gasteiger partial charge in [-0.25, -0.2) is 0 Å². The fourth-order valence-electron chi connectivity index (χ4n) is 1.39. The van der Waals surface area contributed by atoms with Gasteiger partial charge in [-0.15, -0.1) is 0 Å². The molecule has 3 aromatic rings. The molecular formula is C18H18AlCl3N3. The summed E-state index contributed by atoms with van der Waals surface area (Å²) in [6, 6.07) is 21.2. The lowest BCUT2D eigenvalue weighted by molar-refractivity contribution is 1.69. The van der Waals surface area contributed by atoms with E-state index in [0.29, 0.717) is 0 Å². The second-order valence-electron chi connectivity index (χ2n) is 4.65. The van der Waals surface area contributed by atoms with Crippen LogP contribution >= 0.6 is 34.8 Å². The normalized spacial score (nSPS) is 8.76. The second kappa shape index (κ2) is 12.8. The average Bonchev–Trinajstić information content (AvgIpc) is 2.57. The van der Waals surface area contributed by atoms with Crippen LogP contribution in [-0.4, -0.2) is 17.4 Å². The Morgan fingerprint density at radius 3 is 0.680 bits per heavy atom. The Labute approximate surface area is 173 Å². The number of nitrogen functional groups attached to an aromatic ring is 3. The van der Waals surface area contributed by atoms with E-state index in [1.807, 2.05) is 0 Å². The number of benzene rings is 3. The standard InChI is InChI=1S/3C6H6ClN.Al/c3*7-5-1-3-6(8)4-2-5;/h3*1-4H,8H2;. The van der Waals surface area contributed by atoms with Crippen LogP contribution in [0.1, 0.15) is 0 Å². The molecule has 0 aliphatic carbocycles. The quantitative estimate of drug-likeness (QED) is 0.344. The molecule has 3 rings (SSSR count). The van der Waals surface area contributed by atoms with Crippen molar-refractivity contribution in [1.82, 2.24) is 0 Å². The van der Waals surface area contributed by atoms with Crippen molar-refractivity contribution in [3.8, 4) is 0 Å². The first kappa shape index (κ1) is 23.5. The van der Waals surface area contributed by atoms with Gasteiger partial charge in [-0.1, -0.05) is 34.8 Å². The third-order valence-electron chi connectivity index (χ3n) is 2.61. The smallest absolute Gasteiger partial charge is 0.0407 e. The number of halogens is 3. The Bertz CT molecular complexity index is 552. The topological polar surface area (TPSA) is 78.1 Å². The first-order valence-electron chi connectivity index (χ1n) is 6.90. The van der Waals surface area contributed by atoms with Gasteiger partial charge in [0.1, 0.15) is 0 Å². The third-order valence-corrected chi connectivity index (χ3v) is 3.37. The molecule has 0 aromatic heterocycles. The summed E-state index contributed by atoms with van der Waals surface area (Å²) in [6.45, 7) is 0. The first-order chi connectivity index (χ1) is 11.4. The van der Waals surface area contributed by atoms with E-state index in [4.69, 9.17) is 52.0 Å². The van der Waals surface area contributed by atoms with Gasteiger partial charge in [0.2, 0.25) is 0 Å². The minimum absolute atomic E-state index is 0. The molecule has 0 unspecified atom stereocenters. The molecule has 0 bridgehead atoms. The van der Waals surface area contributed by atoms with Gasteiger partial charge in [0.05, 0.1) is 0 Å². The fraction of sp³-hybridized carbons (Fsp3) is 0. The second-order valence-corrected chi connectivity index (χ2v) is 5.96. The molecule has 25 heavy (non-hydrogen) atoms.